The summed E-state index contributed by atoms with van der Waals surface area (Å²) in [5, 5.41) is 7.30. The summed E-state index contributed by atoms with van der Waals surface area (Å²) >= 11 is 1.56. The zero-order chi connectivity index (χ0) is 21.9. The average molecular weight is 432 g/mol. The highest BCUT2D eigenvalue weighted by molar-refractivity contribution is 7.15. The molecule has 1 aliphatic rings. The minimum atomic E-state index is -0.396. The standard InChI is InChI=1S/C22H16N4O4S/c1-10-4-7-17(31-10)16-9-15(18-11(2)25-30-20(18)24-16)19(27)23-12-5-6-13-14(8-12)22(29)26(3)21(13)28/h4-9H,1-3H3,(H,23,27). The first-order valence-electron chi connectivity index (χ1n) is 9.45. The van der Waals surface area contributed by atoms with Crippen LogP contribution in [0.5, 0.6) is 0 Å². The van der Waals surface area contributed by atoms with Crippen molar-refractivity contribution < 1.29 is 18.9 Å². The Morgan fingerprint density at radius 1 is 1.06 bits per heavy atom. The molecule has 0 saturated carbocycles. The topological polar surface area (TPSA) is 105 Å². The van der Waals surface area contributed by atoms with E-state index in [-0.39, 0.29) is 17.2 Å². The van der Waals surface area contributed by atoms with Gasteiger partial charge in [0.15, 0.2) is 0 Å². The van der Waals surface area contributed by atoms with Crippen LogP contribution >= 0.6 is 11.3 Å². The number of nitrogens with one attached hydrogen (secondary N) is 1. The van der Waals surface area contributed by atoms with Gasteiger partial charge in [0.05, 0.1) is 38.3 Å². The largest absolute Gasteiger partial charge is 0.335 e. The molecule has 1 aliphatic heterocycles. The third-order valence-electron chi connectivity index (χ3n) is 5.20. The number of rotatable bonds is 3. The molecule has 154 valence electrons. The summed E-state index contributed by atoms with van der Waals surface area (Å²) in [4.78, 5) is 45.2. The number of amides is 3. The van der Waals surface area contributed by atoms with Crippen molar-refractivity contribution in [3.63, 3.8) is 0 Å². The zero-order valence-electron chi connectivity index (χ0n) is 16.8. The number of aromatic nitrogens is 2. The zero-order valence-corrected chi connectivity index (χ0v) is 17.7. The lowest BCUT2D eigenvalue weighted by Gasteiger charge is -2.08. The number of fused-ring (bicyclic) bond motifs is 2. The molecule has 3 amide bonds. The maximum atomic E-state index is 13.2. The lowest BCUT2D eigenvalue weighted by molar-refractivity contribution is 0.0692. The Kier molecular flexibility index (Phi) is 4.23. The lowest BCUT2D eigenvalue weighted by Crippen LogP contribution is -2.24. The van der Waals surface area contributed by atoms with Crippen LogP contribution in [0.15, 0.2) is 40.9 Å². The van der Waals surface area contributed by atoms with Crippen molar-refractivity contribution in [2.24, 2.45) is 0 Å². The van der Waals surface area contributed by atoms with Gasteiger partial charge in [0, 0.05) is 17.6 Å². The number of hydrogen-bond acceptors (Lipinski definition) is 7. The first-order chi connectivity index (χ1) is 14.8. The van der Waals surface area contributed by atoms with Crippen molar-refractivity contribution >= 4 is 45.8 Å². The molecule has 4 heterocycles. The molecule has 0 bridgehead atoms. The first-order valence-corrected chi connectivity index (χ1v) is 10.3. The fraction of sp³-hybridized carbons (Fsp3) is 0.136. The van der Waals surface area contributed by atoms with Crippen LogP contribution in [0.1, 0.15) is 41.6 Å². The van der Waals surface area contributed by atoms with Gasteiger partial charge in [-0.25, -0.2) is 4.98 Å². The summed E-state index contributed by atoms with van der Waals surface area (Å²) in [5.74, 6) is -1.14. The molecule has 0 unspecified atom stereocenters. The Balaban J connectivity index is 1.55. The summed E-state index contributed by atoms with van der Waals surface area (Å²) in [6.07, 6.45) is 0. The van der Waals surface area contributed by atoms with Crippen LogP contribution in [0, 0.1) is 13.8 Å². The van der Waals surface area contributed by atoms with Crippen molar-refractivity contribution in [2.45, 2.75) is 13.8 Å². The van der Waals surface area contributed by atoms with Crippen LogP contribution in [-0.2, 0) is 0 Å². The number of pyridine rings is 1. The molecule has 31 heavy (non-hydrogen) atoms. The van der Waals surface area contributed by atoms with Crippen LogP contribution in [-0.4, -0.2) is 39.8 Å². The van der Waals surface area contributed by atoms with E-state index in [1.54, 1.807) is 36.5 Å². The fourth-order valence-electron chi connectivity index (χ4n) is 3.61. The number of anilines is 1. The highest BCUT2D eigenvalue weighted by Gasteiger charge is 2.33. The quantitative estimate of drug-likeness (QED) is 0.490. The molecule has 3 aromatic heterocycles. The van der Waals surface area contributed by atoms with Crippen molar-refractivity contribution in [2.75, 3.05) is 12.4 Å². The van der Waals surface area contributed by atoms with Gasteiger partial charge in [0.25, 0.3) is 23.4 Å². The average Bonchev–Trinajstić information content (AvgIpc) is 3.42. The maximum absolute atomic E-state index is 13.2. The molecular formula is C22H16N4O4S. The molecular weight excluding hydrogens is 416 g/mol. The Bertz CT molecular complexity index is 1420. The predicted octanol–water partition coefficient (Wildman–Crippen LogP) is 4.05. The van der Waals surface area contributed by atoms with Crippen molar-refractivity contribution in [3.05, 3.63) is 63.7 Å². The molecule has 4 aromatic rings. The van der Waals surface area contributed by atoms with Crippen molar-refractivity contribution in [3.8, 4) is 10.6 Å². The number of carbonyl (C=O) groups is 3. The van der Waals surface area contributed by atoms with E-state index in [2.05, 4.69) is 15.5 Å². The Morgan fingerprint density at radius 3 is 2.58 bits per heavy atom. The van der Waals surface area contributed by atoms with Crippen LogP contribution in [0.25, 0.3) is 21.7 Å². The van der Waals surface area contributed by atoms with Gasteiger partial charge < -0.3 is 9.84 Å². The number of nitrogens with zero attached hydrogens (tertiary/aromatic N) is 3. The normalized spacial score (nSPS) is 13.2. The molecule has 1 aromatic carbocycles. The summed E-state index contributed by atoms with van der Waals surface area (Å²) in [7, 11) is 1.43. The summed E-state index contributed by atoms with van der Waals surface area (Å²) in [5.41, 5.74) is 2.81. The molecule has 0 spiro atoms. The third kappa shape index (κ3) is 3.01. The van der Waals surface area contributed by atoms with Crippen molar-refractivity contribution in [1.29, 1.82) is 0 Å². The van der Waals surface area contributed by atoms with E-state index in [0.29, 0.717) is 33.6 Å². The molecule has 0 atom stereocenters. The Morgan fingerprint density at radius 2 is 1.84 bits per heavy atom. The number of hydrogen-bond donors (Lipinski definition) is 1. The molecule has 0 aliphatic carbocycles. The molecule has 0 fully saturated rings. The predicted molar refractivity (Wildman–Crippen MR) is 115 cm³/mol. The highest BCUT2D eigenvalue weighted by Crippen LogP contribution is 2.32. The maximum Gasteiger partial charge on any atom is 0.261 e. The van der Waals surface area contributed by atoms with Gasteiger partial charge in [0.1, 0.15) is 0 Å². The Labute approximate surface area is 180 Å². The SMILES string of the molecule is Cc1ccc(-c2cc(C(=O)Nc3ccc4c(c3)C(=O)N(C)C4=O)c3c(C)noc3n2)s1. The van der Waals surface area contributed by atoms with Gasteiger partial charge in [0.2, 0.25) is 0 Å². The van der Waals surface area contributed by atoms with E-state index in [1.807, 2.05) is 19.1 Å². The van der Waals surface area contributed by atoms with E-state index in [0.717, 1.165) is 14.7 Å². The van der Waals surface area contributed by atoms with E-state index in [4.69, 9.17) is 4.52 Å². The third-order valence-corrected chi connectivity index (χ3v) is 6.23. The molecule has 0 saturated heterocycles. The number of imide groups is 1. The monoisotopic (exact) mass is 432 g/mol. The van der Waals surface area contributed by atoms with Gasteiger partial charge in [-0.2, -0.15) is 0 Å². The number of thiophene rings is 1. The minimum Gasteiger partial charge on any atom is -0.335 e. The van der Waals surface area contributed by atoms with E-state index >= 15 is 0 Å². The van der Waals surface area contributed by atoms with Crippen LogP contribution in [0.2, 0.25) is 0 Å². The molecule has 9 heteroatoms. The summed E-state index contributed by atoms with van der Waals surface area (Å²) in [6.45, 7) is 3.74. The molecule has 8 nitrogen and oxygen atoms in total. The summed E-state index contributed by atoms with van der Waals surface area (Å²) < 4.78 is 5.33. The number of aryl methyl sites for hydroxylation is 2. The highest BCUT2D eigenvalue weighted by atomic mass is 32.1. The van der Waals surface area contributed by atoms with Crippen LogP contribution in [0.4, 0.5) is 5.69 Å². The second kappa shape index (κ2) is 6.85. The van der Waals surface area contributed by atoms with E-state index < -0.39 is 11.8 Å². The lowest BCUT2D eigenvalue weighted by atomic mass is 10.1. The van der Waals surface area contributed by atoms with Crippen molar-refractivity contribution in [1.82, 2.24) is 15.0 Å². The molecule has 0 radical (unpaired) electrons. The van der Waals surface area contributed by atoms with Gasteiger partial charge in [-0.05, 0) is 50.2 Å². The van der Waals surface area contributed by atoms with Crippen LogP contribution < -0.4 is 5.32 Å². The molecule has 5 rings (SSSR count). The number of carbonyl (C=O) groups excluding carboxylic acids is 3. The number of benzene rings is 1. The first kappa shape index (κ1) is 19.1. The van der Waals surface area contributed by atoms with Gasteiger partial charge in [-0.1, -0.05) is 5.16 Å². The van der Waals surface area contributed by atoms with E-state index in [1.165, 1.54) is 13.1 Å². The minimum absolute atomic E-state index is 0.265. The van der Waals surface area contributed by atoms with E-state index in [9.17, 15) is 14.4 Å². The summed E-state index contributed by atoms with van der Waals surface area (Å²) in [6, 6.07) is 10.3. The second-order valence-corrected chi connectivity index (χ2v) is 8.59. The Hall–Kier alpha value is -3.85. The van der Waals surface area contributed by atoms with Gasteiger partial charge in [-0.15, -0.1) is 11.3 Å². The second-order valence-electron chi connectivity index (χ2n) is 7.30. The van der Waals surface area contributed by atoms with Gasteiger partial charge in [-0.3, -0.25) is 19.3 Å². The van der Waals surface area contributed by atoms with Gasteiger partial charge >= 0.3 is 0 Å². The molecule has 1 N–H and O–H groups in total. The fourth-order valence-corrected chi connectivity index (χ4v) is 4.44. The van der Waals surface area contributed by atoms with Crippen LogP contribution in [0.3, 0.4) is 0 Å². The smallest absolute Gasteiger partial charge is 0.261 e.